The number of amides is 2. The van der Waals surface area contributed by atoms with Crippen LogP contribution in [0, 0.1) is 6.92 Å². The molecule has 22 heavy (non-hydrogen) atoms. The topological polar surface area (TPSA) is 114 Å². The highest BCUT2D eigenvalue weighted by molar-refractivity contribution is 6.37. The highest BCUT2D eigenvalue weighted by Gasteiger charge is 2.26. The molecule has 0 aliphatic carbocycles. The molecular formula is C13H16N4O5. The van der Waals surface area contributed by atoms with Gasteiger partial charge in [0.05, 0.1) is 0 Å². The van der Waals surface area contributed by atoms with Gasteiger partial charge in [-0.3, -0.25) is 9.59 Å². The molecule has 118 valence electrons. The molecular weight excluding hydrogens is 292 g/mol. The maximum absolute atomic E-state index is 11.9. The lowest BCUT2D eigenvalue weighted by atomic mass is 10.2. The van der Waals surface area contributed by atoms with Crippen LogP contribution in [-0.2, 0) is 19.1 Å². The summed E-state index contributed by atoms with van der Waals surface area (Å²) < 4.78 is 9.85. The van der Waals surface area contributed by atoms with Crippen LogP contribution in [0.1, 0.15) is 25.5 Å². The highest BCUT2D eigenvalue weighted by atomic mass is 16.5. The van der Waals surface area contributed by atoms with Crippen molar-refractivity contribution in [3.05, 3.63) is 11.8 Å². The van der Waals surface area contributed by atoms with Gasteiger partial charge >= 0.3 is 5.97 Å². The Kier molecular flexibility index (Phi) is 4.54. The Labute approximate surface area is 126 Å². The molecule has 0 fully saturated rings. The van der Waals surface area contributed by atoms with Gasteiger partial charge in [0.2, 0.25) is 5.91 Å². The zero-order valence-corrected chi connectivity index (χ0v) is 12.5. The fourth-order valence-electron chi connectivity index (χ4n) is 1.75. The molecule has 0 radical (unpaired) electrons. The predicted octanol–water partition coefficient (Wildman–Crippen LogP) is 0.461. The number of hydrogen-bond donors (Lipinski definition) is 1. The van der Waals surface area contributed by atoms with E-state index in [4.69, 9.17) is 9.26 Å². The largest absolute Gasteiger partial charge is 0.448 e. The van der Waals surface area contributed by atoms with Crippen molar-refractivity contribution < 1.29 is 23.6 Å². The summed E-state index contributed by atoms with van der Waals surface area (Å²) in [6, 6.07) is 1.54. The van der Waals surface area contributed by atoms with Gasteiger partial charge in [-0.1, -0.05) is 5.16 Å². The molecule has 0 saturated carbocycles. The molecule has 0 spiro atoms. The Morgan fingerprint density at radius 3 is 2.77 bits per heavy atom. The number of carbonyl (C=O) groups is 3. The molecule has 1 aliphatic rings. The van der Waals surface area contributed by atoms with E-state index in [1.807, 2.05) is 0 Å². The summed E-state index contributed by atoms with van der Waals surface area (Å²) in [7, 11) is 1.46. The van der Waals surface area contributed by atoms with E-state index in [0.29, 0.717) is 5.76 Å². The van der Waals surface area contributed by atoms with Gasteiger partial charge in [-0.15, -0.1) is 0 Å². The van der Waals surface area contributed by atoms with Crippen molar-refractivity contribution in [2.75, 3.05) is 12.4 Å². The Morgan fingerprint density at radius 1 is 1.45 bits per heavy atom. The third-order valence-corrected chi connectivity index (χ3v) is 2.98. The van der Waals surface area contributed by atoms with Gasteiger partial charge in [-0.2, -0.15) is 5.10 Å². The number of ether oxygens (including phenoxy) is 1. The van der Waals surface area contributed by atoms with E-state index < -0.39 is 18.0 Å². The minimum Gasteiger partial charge on any atom is -0.448 e. The molecule has 2 amide bonds. The molecule has 2 rings (SSSR count). The van der Waals surface area contributed by atoms with Crippen LogP contribution < -0.4 is 5.32 Å². The van der Waals surface area contributed by atoms with Crippen LogP contribution in [0.25, 0.3) is 0 Å². The van der Waals surface area contributed by atoms with Crippen molar-refractivity contribution in [1.29, 1.82) is 0 Å². The van der Waals surface area contributed by atoms with Gasteiger partial charge in [0.25, 0.3) is 5.91 Å². The SMILES string of the molecule is Cc1cc(NC(=O)[C@@H](C)OC(=O)C2=NN(C)C(=O)CC2)no1. The molecule has 1 aromatic rings. The molecule has 0 saturated heterocycles. The van der Waals surface area contributed by atoms with Crippen molar-refractivity contribution in [3.63, 3.8) is 0 Å². The molecule has 1 aliphatic heterocycles. The van der Waals surface area contributed by atoms with Crippen LogP contribution in [0.5, 0.6) is 0 Å². The maximum Gasteiger partial charge on any atom is 0.355 e. The predicted molar refractivity (Wildman–Crippen MR) is 74.9 cm³/mol. The van der Waals surface area contributed by atoms with Crippen molar-refractivity contribution in [2.45, 2.75) is 32.8 Å². The summed E-state index contributed by atoms with van der Waals surface area (Å²) in [4.78, 5) is 35.1. The number of aromatic nitrogens is 1. The third-order valence-electron chi connectivity index (χ3n) is 2.98. The Bertz CT molecular complexity index is 636. The second kappa shape index (κ2) is 6.37. The number of carbonyl (C=O) groups excluding carboxylic acids is 3. The van der Waals surface area contributed by atoms with E-state index in [1.165, 1.54) is 20.0 Å². The molecule has 0 bridgehead atoms. The second-order valence-corrected chi connectivity index (χ2v) is 4.82. The minimum absolute atomic E-state index is 0.110. The normalized spacial score (nSPS) is 16.0. The molecule has 0 unspecified atom stereocenters. The standard InChI is InChI=1S/C13H16N4O5/c1-7-6-10(16-22-7)14-12(19)8(2)21-13(20)9-4-5-11(18)17(3)15-9/h6,8H,4-5H2,1-3H3,(H,14,16,19)/t8-/m1/s1. The summed E-state index contributed by atoms with van der Waals surface area (Å²) >= 11 is 0. The Balaban J connectivity index is 1.92. The molecule has 1 atom stereocenters. The lowest BCUT2D eigenvalue weighted by Crippen LogP contribution is -2.36. The zero-order valence-electron chi connectivity index (χ0n) is 12.5. The summed E-state index contributed by atoms with van der Waals surface area (Å²) in [6.45, 7) is 3.11. The quantitative estimate of drug-likeness (QED) is 0.808. The average molecular weight is 308 g/mol. The number of hydrazone groups is 1. The second-order valence-electron chi connectivity index (χ2n) is 4.82. The van der Waals surface area contributed by atoms with Gasteiger partial charge in [0, 0.05) is 26.0 Å². The van der Waals surface area contributed by atoms with Gasteiger partial charge in [-0.05, 0) is 13.8 Å². The number of nitrogens with one attached hydrogen (secondary N) is 1. The Morgan fingerprint density at radius 2 is 2.18 bits per heavy atom. The minimum atomic E-state index is -1.03. The van der Waals surface area contributed by atoms with Crippen molar-refractivity contribution >= 4 is 29.3 Å². The van der Waals surface area contributed by atoms with E-state index in [2.05, 4.69) is 15.6 Å². The fraction of sp³-hybridized carbons (Fsp3) is 0.462. The zero-order chi connectivity index (χ0) is 16.3. The number of nitrogens with zero attached hydrogens (tertiary/aromatic N) is 3. The van der Waals surface area contributed by atoms with E-state index in [1.54, 1.807) is 6.92 Å². The third kappa shape index (κ3) is 3.68. The van der Waals surface area contributed by atoms with Crippen LogP contribution >= 0.6 is 0 Å². The highest BCUT2D eigenvalue weighted by Crippen LogP contribution is 2.11. The smallest absolute Gasteiger partial charge is 0.355 e. The number of esters is 1. The van der Waals surface area contributed by atoms with Crippen molar-refractivity contribution in [3.8, 4) is 0 Å². The van der Waals surface area contributed by atoms with Gasteiger partial charge in [0.15, 0.2) is 11.9 Å². The van der Waals surface area contributed by atoms with E-state index >= 15 is 0 Å². The van der Waals surface area contributed by atoms with Crippen LogP contribution in [0.2, 0.25) is 0 Å². The molecule has 0 aromatic carbocycles. The van der Waals surface area contributed by atoms with Crippen LogP contribution in [-0.4, -0.2) is 46.8 Å². The molecule has 1 N–H and O–H groups in total. The lowest BCUT2D eigenvalue weighted by molar-refractivity contribution is -0.146. The molecule has 1 aromatic heterocycles. The Hall–Kier alpha value is -2.71. The van der Waals surface area contributed by atoms with Gasteiger partial charge < -0.3 is 14.6 Å². The fourth-order valence-corrected chi connectivity index (χ4v) is 1.75. The number of aryl methyl sites for hydroxylation is 1. The van der Waals surface area contributed by atoms with E-state index in [-0.39, 0.29) is 30.3 Å². The summed E-state index contributed by atoms with van der Waals surface area (Å²) in [5, 5.41) is 11.0. The van der Waals surface area contributed by atoms with Gasteiger partial charge in [0.1, 0.15) is 11.5 Å². The first kappa shape index (κ1) is 15.7. The number of anilines is 1. The molecule has 2 heterocycles. The van der Waals surface area contributed by atoms with Crippen LogP contribution in [0.4, 0.5) is 5.82 Å². The monoisotopic (exact) mass is 308 g/mol. The summed E-state index contributed by atoms with van der Waals surface area (Å²) in [6.07, 6.45) is -0.655. The van der Waals surface area contributed by atoms with Crippen LogP contribution in [0.3, 0.4) is 0 Å². The lowest BCUT2D eigenvalue weighted by Gasteiger charge is -2.19. The van der Waals surface area contributed by atoms with E-state index in [0.717, 1.165) is 5.01 Å². The first-order valence-electron chi connectivity index (χ1n) is 6.66. The molecule has 9 nitrogen and oxygen atoms in total. The first-order chi connectivity index (χ1) is 10.4. The molecule has 9 heteroatoms. The maximum atomic E-state index is 11.9. The van der Waals surface area contributed by atoms with Crippen LogP contribution in [0.15, 0.2) is 15.7 Å². The number of hydrogen-bond acceptors (Lipinski definition) is 7. The summed E-state index contributed by atoms with van der Waals surface area (Å²) in [5.41, 5.74) is 0.110. The number of rotatable bonds is 4. The van der Waals surface area contributed by atoms with Gasteiger partial charge in [-0.25, -0.2) is 9.80 Å². The van der Waals surface area contributed by atoms with Crippen molar-refractivity contribution in [1.82, 2.24) is 10.2 Å². The summed E-state index contributed by atoms with van der Waals surface area (Å²) in [5.74, 6) is -0.653. The first-order valence-corrected chi connectivity index (χ1v) is 6.66. The van der Waals surface area contributed by atoms with E-state index in [9.17, 15) is 14.4 Å². The average Bonchev–Trinajstić information content (AvgIpc) is 2.86. The van der Waals surface area contributed by atoms with Crippen molar-refractivity contribution in [2.24, 2.45) is 5.10 Å².